The molecule has 4 aliphatic rings. The second kappa shape index (κ2) is 17.0. The lowest BCUT2D eigenvalue weighted by atomic mass is 9.92. The molecule has 15 heteroatoms. The number of aliphatic hydroxyl groups is 2. The van der Waals surface area contributed by atoms with E-state index in [2.05, 4.69) is 54.3 Å². The van der Waals surface area contributed by atoms with Crippen molar-refractivity contribution in [1.82, 2.24) is 30.5 Å². The Morgan fingerprint density at radius 3 is 1.90 bits per heavy atom. The molecule has 2 aliphatic carbocycles. The van der Waals surface area contributed by atoms with Crippen LogP contribution in [-0.4, -0.2) is 72.1 Å². The number of aromatic nitrogens is 4. The first-order valence-corrected chi connectivity index (χ1v) is 21.0. The predicted molar refractivity (Wildman–Crippen MR) is 221 cm³/mol. The molecule has 3 amide bonds. The van der Waals surface area contributed by atoms with Crippen LogP contribution in [0.5, 0.6) is 0 Å². The van der Waals surface area contributed by atoms with Gasteiger partial charge in [0.2, 0.25) is 17.7 Å². The van der Waals surface area contributed by atoms with E-state index in [1.165, 1.54) is 0 Å². The summed E-state index contributed by atoms with van der Waals surface area (Å²) in [5.41, 5.74) is 9.00. The number of amides is 3. The van der Waals surface area contributed by atoms with Gasteiger partial charge in [-0.05, 0) is 127 Å². The van der Waals surface area contributed by atoms with Gasteiger partial charge < -0.3 is 45.1 Å². The second-order valence-corrected chi connectivity index (χ2v) is 16.6. The van der Waals surface area contributed by atoms with Gasteiger partial charge >= 0.3 is 0 Å². The maximum Gasteiger partial charge on any atom is 0.247 e. The molecular formula is C44H54N8O7. The van der Waals surface area contributed by atoms with Gasteiger partial charge in [0.1, 0.15) is 23.4 Å². The lowest BCUT2D eigenvalue weighted by Crippen LogP contribution is -2.37. The lowest BCUT2D eigenvalue weighted by molar-refractivity contribution is -0.122. The number of hydrogen-bond donors (Lipinski definition) is 6. The zero-order valence-electron chi connectivity index (χ0n) is 34.1. The number of aliphatic hydroxyl groups excluding tert-OH is 2. The first kappa shape index (κ1) is 40.2. The third-order valence-electron chi connectivity index (χ3n) is 12.3. The molecule has 5 aromatic rings. The van der Waals surface area contributed by atoms with Gasteiger partial charge in [0.25, 0.3) is 0 Å². The molecule has 6 N–H and O–H groups in total. The molecule has 0 unspecified atom stereocenters. The van der Waals surface area contributed by atoms with Crippen LogP contribution < -0.4 is 21.3 Å². The van der Waals surface area contributed by atoms with E-state index in [0.717, 1.165) is 125 Å². The van der Waals surface area contributed by atoms with Gasteiger partial charge in [-0.25, -0.2) is 4.98 Å². The molecule has 312 valence electrons. The second-order valence-electron chi connectivity index (χ2n) is 16.6. The van der Waals surface area contributed by atoms with Crippen molar-refractivity contribution < 1.29 is 33.6 Å². The Labute approximate surface area is 342 Å². The minimum Gasteiger partial charge on any atom is -0.393 e. The van der Waals surface area contributed by atoms with Gasteiger partial charge in [-0.1, -0.05) is 22.4 Å². The summed E-state index contributed by atoms with van der Waals surface area (Å²) < 4.78 is 13.0. The number of fused-ring (bicyclic) bond motifs is 1. The maximum absolute atomic E-state index is 12.8. The fourth-order valence-corrected chi connectivity index (χ4v) is 9.22. The third-order valence-corrected chi connectivity index (χ3v) is 12.3. The third kappa shape index (κ3) is 8.62. The van der Waals surface area contributed by atoms with Crippen molar-refractivity contribution in [2.45, 2.75) is 141 Å². The normalized spacial score (nSPS) is 24.4. The van der Waals surface area contributed by atoms with E-state index in [1.54, 1.807) is 0 Å². The van der Waals surface area contributed by atoms with Crippen molar-refractivity contribution >= 4 is 40.1 Å². The lowest BCUT2D eigenvalue weighted by Gasteiger charge is -2.29. The zero-order chi connectivity index (χ0) is 41.4. The van der Waals surface area contributed by atoms with Gasteiger partial charge in [0, 0.05) is 36.1 Å². The Kier molecular flexibility index (Phi) is 11.6. The average Bonchev–Trinajstić information content (AvgIpc) is 4.06. The summed E-state index contributed by atoms with van der Waals surface area (Å²) in [5.74, 6) is 2.21. The molecule has 2 saturated carbocycles. The highest BCUT2D eigenvalue weighted by Crippen LogP contribution is 2.39. The van der Waals surface area contributed by atoms with E-state index in [1.807, 2.05) is 45.9 Å². The van der Waals surface area contributed by atoms with E-state index in [9.17, 15) is 24.6 Å². The summed E-state index contributed by atoms with van der Waals surface area (Å²) in [4.78, 5) is 41.1. The highest BCUT2D eigenvalue weighted by molar-refractivity contribution is 6.01. The Hall–Kier alpha value is -5.54. The molecule has 5 heterocycles. The molecule has 4 fully saturated rings. The van der Waals surface area contributed by atoms with Gasteiger partial charge in [0.15, 0.2) is 0 Å². The van der Waals surface area contributed by atoms with Crippen LogP contribution in [0.4, 0.5) is 11.4 Å². The fourth-order valence-electron chi connectivity index (χ4n) is 9.22. The largest absolute Gasteiger partial charge is 0.393 e. The molecule has 2 aliphatic heterocycles. The average molecular weight is 807 g/mol. The van der Waals surface area contributed by atoms with Crippen molar-refractivity contribution in [3.05, 3.63) is 65.1 Å². The van der Waals surface area contributed by atoms with Crippen LogP contribution in [0.2, 0.25) is 0 Å². The van der Waals surface area contributed by atoms with Crippen molar-refractivity contribution in [3.63, 3.8) is 0 Å². The van der Waals surface area contributed by atoms with Crippen LogP contribution in [0.1, 0.15) is 118 Å². The van der Waals surface area contributed by atoms with Crippen molar-refractivity contribution in [1.29, 1.82) is 0 Å². The summed E-state index contributed by atoms with van der Waals surface area (Å²) >= 11 is 0. The summed E-state index contributed by atoms with van der Waals surface area (Å²) in [6.45, 7) is 7.62. The monoisotopic (exact) mass is 806 g/mol. The highest BCUT2D eigenvalue weighted by atomic mass is 16.5. The number of nitrogens with one attached hydrogen (secondary N) is 4. The topological polar surface area (TPSA) is 210 Å². The number of carbonyl (C=O) groups excluding carboxylic acids is 3. The standard InChI is InChI=1S/C22H28N4O4.C22H26N4O3/c1-12-21(13(2)30-26-12)14-3-8-17(23-15-4-6-16(27)7-5-15)19(11-14)25-22(29)18-9-10-20(28)24-18;1-12-21(13(2)29-25-12)14-3-9-19-18(11-14)24-22(17-8-10-20(28)23-17)26(19)15-4-6-16(27)7-5-15/h3,8,11,15-16,18,23,27H,4-7,9-10H2,1-2H3,(H,24,28)(H,25,29);3,9,11,15-17,27H,4-8,10H2,1-2H3,(H,23,28)/t15?,16?,18-;15?,16?,17-/m00/s1. The van der Waals surface area contributed by atoms with Gasteiger partial charge in [-0.15, -0.1) is 0 Å². The number of nitrogens with zero attached hydrogens (tertiary/aromatic N) is 4. The SMILES string of the molecule is Cc1noc(C)c1-c1ccc(NC2CCC(O)CC2)c(NC(=O)[C@@H]2CCC(=O)N2)c1.Cc1noc(C)c1-c1ccc2c(c1)nc([C@@H]1CCC(=O)N1)n2C1CCC(O)CC1. The minimum absolute atomic E-state index is 0.0516. The highest BCUT2D eigenvalue weighted by Gasteiger charge is 2.32. The van der Waals surface area contributed by atoms with E-state index < -0.39 is 6.04 Å². The Morgan fingerprint density at radius 2 is 1.32 bits per heavy atom. The van der Waals surface area contributed by atoms with E-state index in [0.29, 0.717) is 31.0 Å². The van der Waals surface area contributed by atoms with Crippen LogP contribution in [0, 0.1) is 27.7 Å². The number of anilines is 2. The van der Waals surface area contributed by atoms with Crippen LogP contribution >= 0.6 is 0 Å². The first-order valence-electron chi connectivity index (χ1n) is 21.0. The van der Waals surface area contributed by atoms with E-state index in [4.69, 9.17) is 14.0 Å². The Balaban J connectivity index is 0.000000164. The zero-order valence-corrected chi connectivity index (χ0v) is 34.1. The summed E-state index contributed by atoms with van der Waals surface area (Å²) in [5, 5.41) is 40.1. The van der Waals surface area contributed by atoms with E-state index in [-0.39, 0.29) is 42.0 Å². The smallest absolute Gasteiger partial charge is 0.247 e. The quantitative estimate of drug-likeness (QED) is 0.0981. The number of benzene rings is 2. The molecular weight excluding hydrogens is 753 g/mol. The van der Waals surface area contributed by atoms with Crippen LogP contribution in [0.25, 0.3) is 33.3 Å². The van der Waals surface area contributed by atoms with Gasteiger partial charge in [0.05, 0.1) is 52.0 Å². The molecule has 2 aromatic carbocycles. The first-order chi connectivity index (χ1) is 28.4. The Morgan fingerprint density at radius 1 is 0.729 bits per heavy atom. The van der Waals surface area contributed by atoms with Crippen molar-refractivity contribution in [2.24, 2.45) is 0 Å². The number of imidazole rings is 1. The molecule has 9 rings (SSSR count). The molecule has 2 atom stereocenters. The number of carbonyl (C=O) groups is 3. The van der Waals surface area contributed by atoms with Crippen molar-refractivity contribution in [3.8, 4) is 22.3 Å². The number of hydrogen-bond acceptors (Lipinski definition) is 11. The summed E-state index contributed by atoms with van der Waals surface area (Å²) in [7, 11) is 0. The molecule has 0 radical (unpaired) electrons. The van der Waals surface area contributed by atoms with Crippen molar-refractivity contribution in [2.75, 3.05) is 10.6 Å². The molecule has 3 aromatic heterocycles. The molecule has 0 spiro atoms. The molecule has 15 nitrogen and oxygen atoms in total. The van der Waals surface area contributed by atoms with Crippen LogP contribution in [-0.2, 0) is 14.4 Å². The predicted octanol–water partition coefficient (Wildman–Crippen LogP) is 6.63. The maximum atomic E-state index is 12.8. The number of rotatable bonds is 8. The fraction of sp³-hybridized carbons (Fsp3) is 0.500. The van der Waals surface area contributed by atoms with Gasteiger partial charge in [-0.2, -0.15) is 0 Å². The van der Waals surface area contributed by atoms with Crippen LogP contribution in [0.3, 0.4) is 0 Å². The molecule has 59 heavy (non-hydrogen) atoms. The number of aryl methyl sites for hydroxylation is 4. The summed E-state index contributed by atoms with van der Waals surface area (Å²) in [6, 6.07) is 12.1. The van der Waals surface area contributed by atoms with Gasteiger partial charge in [-0.3, -0.25) is 14.4 Å². The Bertz CT molecular complexity index is 2310. The summed E-state index contributed by atoms with van der Waals surface area (Å²) in [6.07, 6.45) is 8.48. The molecule has 0 bridgehead atoms. The molecule has 2 saturated heterocycles. The van der Waals surface area contributed by atoms with Crippen LogP contribution in [0.15, 0.2) is 45.4 Å². The minimum atomic E-state index is -0.516. The van der Waals surface area contributed by atoms with E-state index >= 15 is 0 Å².